The molecule has 2 aromatic rings. The van der Waals surface area contributed by atoms with Crippen LogP contribution >= 0.6 is 0 Å². The molecule has 0 unspecified atom stereocenters. The van der Waals surface area contributed by atoms with Crippen LogP contribution in [0.3, 0.4) is 0 Å². The van der Waals surface area contributed by atoms with E-state index in [4.69, 9.17) is 0 Å². The van der Waals surface area contributed by atoms with Crippen LogP contribution in [0.1, 0.15) is 36.6 Å². The monoisotopic (exact) mass is 304 g/mol. The number of hydrogen-bond acceptors (Lipinski definition) is 3. The van der Waals surface area contributed by atoms with Gasteiger partial charge < -0.3 is 4.90 Å². The molecule has 112 valence electrons. The van der Waals surface area contributed by atoms with Crippen molar-refractivity contribution in [3.8, 4) is 0 Å². The molecule has 0 bridgehead atoms. The number of carbonyl (C=O) groups excluding carboxylic acids is 3. The highest BCUT2D eigenvalue weighted by Crippen LogP contribution is 2.36. The lowest BCUT2D eigenvalue weighted by molar-refractivity contribution is 0.0873. The van der Waals surface area contributed by atoms with Crippen molar-refractivity contribution >= 4 is 29.1 Å². The quantitative estimate of drug-likeness (QED) is 0.761. The molecule has 3 amide bonds. The molecule has 0 aromatic heterocycles. The Balaban J connectivity index is 1.88. The van der Waals surface area contributed by atoms with Crippen LogP contribution < -0.4 is 4.90 Å². The maximum absolute atomic E-state index is 12.7. The minimum Gasteiger partial charge on any atom is -0.311 e. The third kappa shape index (κ3) is 1.64. The van der Waals surface area contributed by atoms with Crippen molar-refractivity contribution in [1.82, 2.24) is 4.90 Å². The molecule has 23 heavy (non-hydrogen) atoms. The summed E-state index contributed by atoms with van der Waals surface area (Å²) < 4.78 is 0. The lowest BCUT2D eigenvalue weighted by Gasteiger charge is -2.13. The zero-order chi connectivity index (χ0) is 16.3. The highest BCUT2D eigenvalue weighted by molar-refractivity contribution is 6.35. The molecule has 0 N–H and O–H groups in total. The van der Waals surface area contributed by atoms with Crippen LogP contribution in [0.2, 0.25) is 0 Å². The number of carbonyl (C=O) groups is 3. The summed E-state index contributed by atoms with van der Waals surface area (Å²) in [5.41, 5.74) is 2.63. The fourth-order valence-electron chi connectivity index (χ4n) is 3.00. The van der Waals surface area contributed by atoms with Crippen molar-refractivity contribution in [2.75, 3.05) is 11.9 Å². The third-order valence-corrected chi connectivity index (χ3v) is 4.29. The highest BCUT2D eigenvalue weighted by Gasteiger charge is 2.40. The summed E-state index contributed by atoms with van der Waals surface area (Å²) in [5.74, 6) is -1.01. The van der Waals surface area contributed by atoms with Gasteiger partial charge in [-0.25, -0.2) is 4.90 Å². The minimum atomic E-state index is -0.410. The van der Waals surface area contributed by atoms with Gasteiger partial charge in [0.25, 0.3) is 17.7 Å². The van der Waals surface area contributed by atoms with Gasteiger partial charge in [-0.05, 0) is 24.3 Å². The Hall–Kier alpha value is -3.21. The number of hydrogen-bond donors (Lipinski definition) is 0. The molecule has 0 atom stereocenters. The average molecular weight is 304 g/mol. The van der Waals surface area contributed by atoms with Gasteiger partial charge in [0.1, 0.15) is 0 Å². The molecule has 0 fully saturated rings. The molecule has 0 saturated heterocycles. The van der Waals surface area contributed by atoms with E-state index in [1.165, 1.54) is 11.0 Å². The maximum Gasteiger partial charge on any atom is 0.266 e. The molecule has 0 saturated carbocycles. The topological polar surface area (TPSA) is 57.7 Å². The van der Waals surface area contributed by atoms with Gasteiger partial charge in [-0.15, -0.1) is 0 Å². The summed E-state index contributed by atoms with van der Waals surface area (Å²) in [6.45, 7) is 3.87. The summed E-state index contributed by atoms with van der Waals surface area (Å²) in [6.07, 6.45) is 0. The van der Waals surface area contributed by atoms with Crippen LogP contribution in [0.4, 0.5) is 5.69 Å². The molecule has 4 rings (SSSR count). The van der Waals surface area contributed by atoms with Gasteiger partial charge in [-0.1, -0.05) is 24.8 Å². The number of para-hydroxylation sites is 1. The van der Waals surface area contributed by atoms with E-state index in [2.05, 4.69) is 6.58 Å². The molecule has 5 heteroatoms. The molecule has 2 aliphatic heterocycles. The van der Waals surface area contributed by atoms with Crippen LogP contribution in [0.15, 0.2) is 49.0 Å². The predicted octanol–water partition coefficient (Wildman–Crippen LogP) is 2.54. The van der Waals surface area contributed by atoms with Gasteiger partial charge in [0.15, 0.2) is 0 Å². The average Bonchev–Trinajstić information content (AvgIpc) is 2.94. The number of anilines is 1. The zero-order valence-electron chi connectivity index (χ0n) is 12.4. The number of rotatable bonds is 1. The molecule has 0 radical (unpaired) electrons. The van der Waals surface area contributed by atoms with E-state index in [1.54, 1.807) is 37.4 Å². The summed E-state index contributed by atoms with van der Waals surface area (Å²) in [6, 6.07) is 11.8. The Morgan fingerprint density at radius 2 is 1.30 bits per heavy atom. The highest BCUT2D eigenvalue weighted by atomic mass is 16.2. The van der Waals surface area contributed by atoms with Crippen molar-refractivity contribution in [2.24, 2.45) is 0 Å². The first kappa shape index (κ1) is 13.5. The van der Waals surface area contributed by atoms with E-state index in [0.717, 1.165) is 4.90 Å². The predicted molar refractivity (Wildman–Crippen MR) is 85.2 cm³/mol. The lowest BCUT2D eigenvalue weighted by Crippen LogP contribution is -2.29. The number of nitrogens with zero attached hydrogens (tertiary/aromatic N) is 2. The maximum atomic E-state index is 12.7. The van der Waals surface area contributed by atoms with E-state index in [9.17, 15) is 14.4 Å². The van der Waals surface area contributed by atoms with Gasteiger partial charge in [0, 0.05) is 18.3 Å². The summed E-state index contributed by atoms with van der Waals surface area (Å²) in [5, 5.41) is 0. The lowest BCUT2D eigenvalue weighted by atomic mass is 10.0. The molecule has 5 nitrogen and oxygen atoms in total. The molecule has 0 aliphatic carbocycles. The van der Waals surface area contributed by atoms with Gasteiger partial charge in [-0.2, -0.15) is 0 Å². The van der Waals surface area contributed by atoms with Crippen molar-refractivity contribution in [1.29, 1.82) is 0 Å². The number of amides is 3. The standard InChI is InChI=1S/C18H12N2O3/c1-10-12-8-14-15(9-13(12)16(21)19(10)2)18(23)20(17(14)22)11-6-4-3-5-7-11/h3-9H,1H2,2H3. The Labute approximate surface area is 132 Å². The van der Waals surface area contributed by atoms with Crippen LogP contribution in [-0.2, 0) is 0 Å². The van der Waals surface area contributed by atoms with Gasteiger partial charge in [0.2, 0.25) is 0 Å². The molecular formula is C18H12N2O3. The first-order valence-corrected chi connectivity index (χ1v) is 7.10. The molecular weight excluding hydrogens is 292 g/mol. The number of benzene rings is 2. The van der Waals surface area contributed by atoms with E-state index in [-0.39, 0.29) is 17.4 Å². The smallest absolute Gasteiger partial charge is 0.266 e. The first-order chi connectivity index (χ1) is 11.0. The molecule has 2 aliphatic rings. The Morgan fingerprint density at radius 1 is 0.783 bits per heavy atom. The zero-order valence-corrected chi connectivity index (χ0v) is 12.4. The molecule has 2 aromatic carbocycles. The summed E-state index contributed by atoms with van der Waals surface area (Å²) in [4.78, 5) is 40.0. The van der Waals surface area contributed by atoms with E-state index in [1.807, 2.05) is 6.07 Å². The molecule has 2 heterocycles. The number of imide groups is 1. The van der Waals surface area contributed by atoms with Crippen molar-refractivity contribution in [2.45, 2.75) is 0 Å². The molecule has 0 spiro atoms. The van der Waals surface area contributed by atoms with Gasteiger partial charge >= 0.3 is 0 Å². The second-order valence-electron chi connectivity index (χ2n) is 5.54. The van der Waals surface area contributed by atoms with Crippen molar-refractivity contribution < 1.29 is 14.4 Å². The second kappa shape index (κ2) is 4.39. The Bertz CT molecular complexity index is 860. The SMILES string of the molecule is C=C1c2cc3c(cc2C(=O)N1C)C(=O)N(c1ccccc1)C3=O. The fraction of sp³-hybridized carbons (Fsp3) is 0.0556. The van der Waals surface area contributed by atoms with Gasteiger partial charge in [0.05, 0.1) is 22.4 Å². The van der Waals surface area contributed by atoms with Crippen LogP contribution in [0.5, 0.6) is 0 Å². The normalized spacial score (nSPS) is 16.2. The first-order valence-electron chi connectivity index (χ1n) is 7.10. The Kier molecular flexibility index (Phi) is 2.57. The van der Waals surface area contributed by atoms with E-state index in [0.29, 0.717) is 28.1 Å². The number of fused-ring (bicyclic) bond motifs is 2. The summed E-state index contributed by atoms with van der Waals surface area (Å²) >= 11 is 0. The second-order valence-corrected chi connectivity index (χ2v) is 5.54. The van der Waals surface area contributed by atoms with E-state index < -0.39 is 5.91 Å². The van der Waals surface area contributed by atoms with Crippen molar-refractivity contribution in [3.05, 3.63) is 71.3 Å². The van der Waals surface area contributed by atoms with E-state index >= 15 is 0 Å². The van der Waals surface area contributed by atoms with Gasteiger partial charge in [-0.3, -0.25) is 14.4 Å². The fourth-order valence-corrected chi connectivity index (χ4v) is 3.00. The van der Waals surface area contributed by atoms with Crippen molar-refractivity contribution in [3.63, 3.8) is 0 Å². The minimum absolute atomic E-state index is 0.216. The van der Waals surface area contributed by atoms with Crippen LogP contribution in [-0.4, -0.2) is 29.7 Å². The third-order valence-electron chi connectivity index (χ3n) is 4.29. The largest absolute Gasteiger partial charge is 0.311 e. The van der Waals surface area contributed by atoms with Crippen LogP contribution in [0.25, 0.3) is 5.70 Å². The summed E-state index contributed by atoms with van der Waals surface area (Å²) in [7, 11) is 1.62. The Morgan fingerprint density at radius 3 is 1.91 bits per heavy atom. The van der Waals surface area contributed by atoms with Crippen LogP contribution in [0, 0.1) is 0 Å².